The number of nitrogens with zero attached hydrogens (tertiary/aromatic N) is 3. The first-order valence-corrected chi connectivity index (χ1v) is 10.7. The summed E-state index contributed by atoms with van der Waals surface area (Å²) < 4.78 is 0.864. The van der Waals surface area contributed by atoms with Crippen molar-refractivity contribution in [1.29, 1.82) is 0 Å². The minimum Gasteiger partial charge on any atom is -0.322 e. The van der Waals surface area contributed by atoms with Crippen LogP contribution in [0.25, 0.3) is 32.4 Å². The van der Waals surface area contributed by atoms with Crippen LogP contribution in [0.2, 0.25) is 0 Å². The second kappa shape index (κ2) is 8.16. The number of pyridine rings is 2. The molecule has 2 aromatic carbocycles. The lowest BCUT2D eigenvalue weighted by Gasteiger charge is -2.11. The molecule has 0 saturated carbocycles. The van der Waals surface area contributed by atoms with Gasteiger partial charge in [0.1, 0.15) is 0 Å². The fourth-order valence-corrected chi connectivity index (χ4v) is 4.39. The third-order valence-corrected chi connectivity index (χ3v) is 5.80. The summed E-state index contributed by atoms with van der Waals surface area (Å²) in [5.41, 5.74) is 4.26. The second-order valence-electron chi connectivity index (χ2n) is 7.14. The van der Waals surface area contributed by atoms with Gasteiger partial charge in [-0.05, 0) is 42.5 Å². The second-order valence-corrected chi connectivity index (χ2v) is 8.18. The molecule has 0 radical (unpaired) electrons. The van der Waals surface area contributed by atoms with Gasteiger partial charge in [0.25, 0.3) is 5.91 Å². The number of hydrogen-bond acceptors (Lipinski definition) is 6. The molecule has 2 N–H and O–H groups in total. The zero-order chi connectivity index (χ0) is 22.1. The van der Waals surface area contributed by atoms with Crippen molar-refractivity contribution < 1.29 is 9.59 Å². The first-order chi connectivity index (χ1) is 15.6. The predicted molar refractivity (Wildman–Crippen MR) is 127 cm³/mol. The maximum Gasteiger partial charge on any atom is 0.256 e. The van der Waals surface area contributed by atoms with Crippen molar-refractivity contribution in [2.24, 2.45) is 0 Å². The van der Waals surface area contributed by atoms with Gasteiger partial charge in [0.05, 0.1) is 27.0 Å². The number of nitrogens with one attached hydrogen (secondary N) is 2. The highest BCUT2D eigenvalue weighted by atomic mass is 32.1. The molecule has 0 spiro atoms. The molecular formula is C24H17N5O2S. The van der Waals surface area contributed by atoms with Crippen LogP contribution < -0.4 is 10.6 Å². The molecule has 3 aromatic heterocycles. The van der Waals surface area contributed by atoms with Gasteiger partial charge >= 0.3 is 0 Å². The number of fused-ring (bicyclic) bond motifs is 2. The van der Waals surface area contributed by atoms with Crippen molar-refractivity contribution in [3.05, 3.63) is 78.6 Å². The number of amides is 2. The van der Waals surface area contributed by atoms with E-state index >= 15 is 0 Å². The Hall–Kier alpha value is -4.17. The number of thiazole rings is 1. The van der Waals surface area contributed by atoms with Crippen LogP contribution in [-0.4, -0.2) is 26.8 Å². The molecule has 0 fully saturated rings. The molecule has 0 bridgehead atoms. The van der Waals surface area contributed by atoms with E-state index in [4.69, 9.17) is 4.98 Å². The number of carbonyl (C=O) groups is 2. The first kappa shape index (κ1) is 19.8. The van der Waals surface area contributed by atoms with Gasteiger partial charge in [-0.3, -0.25) is 14.6 Å². The molecule has 32 heavy (non-hydrogen) atoms. The number of aromatic nitrogens is 3. The largest absolute Gasteiger partial charge is 0.322 e. The summed E-state index contributed by atoms with van der Waals surface area (Å²) in [5.74, 6) is -0.406. The van der Waals surface area contributed by atoms with E-state index in [0.29, 0.717) is 22.1 Å². The molecule has 5 aromatic rings. The molecule has 0 aliphatic heterocycles. The minimum atomic E-state index is -0.232. The lowest BCUT2D eigenvalue weighted by atomic mass is 10.0. The molecule has 8 heteroatoms. The summed E-state index contributed by atoms with van der Waals surface area (Å²) in [6.07, 6.45) is 3.40. The molecule has 0 aliphatic carbocycles. The Balaban J connectivity index is 1.51. The SMILES string of the molecule is CC(=O)Nc1nc2ccc(NC(=O)c3cc(-c4ccncc4)nc4ccccc34)cc2s1. The van der Waals surface area contributed by atoms with Gasteiger partial charge in [-0.2, -0.15) is 0 Å². The van der Waals surface area contributed by atoms with Crippen LogP contribution in [0, 0.1) is 0 Å². The Labute approximate surface area is 187 Å². The third kappa shape index (κ3) is 3.91. The Bertz CT molecular complexity index is 1480. The van der Waals surface area contributed by atoms with E-state index < -0.39 is 0 Å². The lowest BCUT2D eigenvalue weighted by molar-refractivity contribution is -0.114. The highest BCUT2D eigenvalue weighted by molar-refractivity contribution is 7.22. The Kier molecular flexibility index (Phi) is 5.04. The highest BCUT2D eigenvalue weighted by Gasteiger charge is 2.15. The zero-order valence-electron chi connectivity index (χ0n) is 17.0. The Morgan fingerprint density at radius 1 is 0.875 bits per heavy atom. The number of para-hydroxylation sites is 1. The third-order valence-electron chi connectivity index (χ3n) is 4.87. The van der Waals surface area contributed by atoms with Gasteiger partial charge in [-0.15, -0.1) is 0 Å². The number of benzene rings is 2. The first-order valence-electron chi connectivity index (χ1n) is 9.86. The van der Waals surface area contributed by atoms with Crippen molar-refractivity contribution in [2.45, 2.75) is 6.92 Å². The van der Waals surface area contributed by atoms with Gasteiger partial charge < -0.3 is 10.6 Å². The van der Waals surface area contributed by atoms with Crippen LogP contribution in [-0.2, 0) is 4.79 Å². The fourth-order valence-electron chi connectivity index (χ4n) is 3.44. The van der Waals surface area contributed by atoms with E-state index in [2.05, 4.69) is 20.6 Å². The number of anilines is 2. The normalized spacial score (nSPS) is 10.9. The smallest absolute Gasteiger partial charge is 0.256 e. The average Bonchev–Trinajstić information content (AvgIpc) is 3.19. The van der Waals surface area contributed by atoms with Crippen LogP contribution in [0.4, 0.5) is 10.8 Å². The minimum absolute atomic E-state index is 0.174. The summed E-state index contributed by atoms with van der Waals surface area (Å²) in [6, 6.07) is 18.6. The van der Waals surface area contributed by atoms with Crippen molar-refractivity contribution >= 4 is 55.1 Å². The summed E-state index contributed by atoms with van der Waals surface area (Å²) in [7, 11) is 0. The maximum atomic E-state index is 13.3. The molecule has 0 unspecified atom stereocenters. The molecule has 7 nitrogen and oxygen atoms in total. The van der Waals surface area contributed by atoms with Crippen LogP contribution in [0.5, 0.6) is 0 Å². The summed E-state index contributed by atoms with van der Waals surface area (Å²) in [5, 5.41) is 6.97. The van der Waals surface area contributed by atoms with Crippen LogP contribution in [0.15, 0.2) is 73.1 Å². The van der Waals surface area contributed by atoms with E-state index in [-0.39, 0.29) is 11.8 Å². The molecule has 3 heterocycles. The van der Waals surface area contributed by atoms with Gasteiger partial charge in [0.15, 0.2) is 5.13 Å². The molecule has 156 valence electrons. The van der Waals surface area contributed by atoms with Crippen LogP contribution in [0.1, 0.15) is 17.3 Å². The lowest BCUT2D eigenvalue weighted by Crippen LogP contribution is -2.13. The highest BCUT2D eigenvalue weighted by Crippen LogP contribution is 2.29. The summed E-state index contributed by atoms with van der Waals surface area (Å²) in [6.45, 7) is 1.44. The Morgan fingerprint density at radius 3 is 2.50 bits per heavy atom. The molecule has 2 amide bonds. The summed E-state index contributed by atoms with van der Waals surface area (Å²) >= 11 is 1.35. The van der Waals surface area contributed by atoms with Gasteiger partial charge in [0, 0.05) is 36.0 Å². The van der Waals surface area contributed by atoms with Crippen molar-refractivity contribution in [2.75, 3.05) is 10.6 Å². The number of rotatable bonds is 4. The van der Waals surface area contributed by atoms with E-state index in [1.165, 1.54) is 18.3 Å². The molecule has 0 atom stereocenters. The van der Waals surface area contributed by atoms with Gasteiger partial charge in [0.2, 0.25) is 5.91 Å². The zero-order valence-corrected chi connectivity index (χ0v) is 17.8. The van der Waals surface area contributed by atoms with Crippen LogP contribution >= 0.6 is 11.3 Å². The molecule has 0 aliphatic rings. The predicted octanol–water partition coefficient (Wildman–Crippen LogP) is 5.12. The molecular weight excluding hydrogens is 422 g/mol. The fraction of sp³-hybridized carbons (Fsp3) is 0.0417. The van der Waals surface area contributed by atoms with Crippen molar-refractivity contribution in [3.63, 3.8) is 0 Å². The average molecular weight is 440 g/mol. The van der Waals surface area contributed by atoms with Gasteiger partial charge in [-0.25, -0.2) is 9.97 Å². The topological polar surface area (TPSA) is 96.9 Å². The summed E-state index contributed by atoms with van der Waals surface area (Å²) in [4.78, 5) is 37.7. The maximum absolute atomic E-state index is 13.3. The van der Waals surface area contributed by atoms with E-state index in [0.717, 1.165) is 26.7 Å². The quantitative estimate of drug-likeness (QED) is 0.405. The van der Waals surface area contributed by atoms with E-state index in [1.807, 2.05) is 48.5 Å². The van der Waals surface area contributed by atoms with Crippen molar-refractivity contribution in [3.8, 4) is 11.3 Å². The van der Waals surface area contributed by atoms with Gasteiger partial charge in [-0.1, -0.05) is 29.5 Å². The molecule has 5 rings (SSSR count). The molecule has 0 saturated heterocycles. The monoisotopic (exact) mass is 439 g/mol. The van der Waals surface area contributed by atoms with E-state index in [1.54, 1.807) is 24.5 Å². The Morgan fingerprint density at radius 2 is 1.69 bits per heavy atom. The number of hydrogen-bond donors (Lipinski definition) is 2. The van der Waals surface area contributed by atoms with Crippen molar-refractivity contribution in [1.82, 2.24) is 15.0 Å². The number of carbonyl (C=O) groups excluding carboxylic acids is 2. The van der Waals surface area contributed by atoms with Crippen LogP contribution in [0.3, 0.4) is 0 Å². The van der Waals surface area contributed by atoms with E-state index in [9.17, 15) is 9.59 Å². The standard InChI is InChI=1S/C24H17N5O2S/c1-14(30)26-24-29-20-7-6-16(12-22(20)32-24)27-23(31)18-13-21(15-8-10-25-11-9-15)28-19-5-3-2-4-17(18)19/h2-13H,1H3,(H,27,31)(H,26,29,30).